The second-order valence-electron chi connectivity index (χ2n) is 8.64. The van der Waals surface area contributed by atoms with Crippen molar-refractivity contribution in [2.24, 2.45) is 0 Å². The monoisotopic (exact) mass is 410 g/mol. The van der Waals surface area contributed by atoms with Crippen molar-refractivity contribution in [1.82, 2.24) is 0 Å². The quantitative estimate of drug-likeness (QED) is 0.475. The van der Waals surface area contributed by atoms with Crippen molar-refractivity contribution < 1.29 is 9.53 Å². The van der Waals surface area contributed by atoms with Gasteiger partial charge in [0, 0.05) is 5.57 Å². The lowest BCUT2D eigenvalue weighted by molar-refractivity contribution is -0.119. The number of rotatable bonds is 5. The van der Waals surface area contributed by atoms with Gasteiger partial charge in [0.1, 0.15) is 5.76 Å². The first-order valence-electron chi connectivity index (χ1n) is 11.0. The topological polar surface area (TPSA) is 26.3 Å². The number of ketones is 1. The van der Waals surface area contributed by atoms with Gasteiger partial charge in [-0.05, 0) is 51.3 Å². The lowest BCUT2D eigenvalue weighted by Gasteiger charge is -2.37. The highest BCUT2D eigenvalue weighted by atomic mass is 16.5. The van der Waals surface area contributed by atoms with E-state index in [9.17, 15) is 4.79 Å². The molecule has 0 fully saturated rings. The summed E-state index contributed by atoms with van der Waals surface area (Å²) in [6.45, 7) is 10.7. The Morgan fingerprint density at radius 1 is 0.710 bits per heavy atom. The van der Waals surface area contributed by atoms with E-state index in [1.54, 1.807) is 0 Å². The van der Waals surface area contributed by atoms with Crippen LogP contribution >= 0.6 is 0 Å². The third-order valence-corrected chi connectivity index (χ3v) is 6.49. The van der Waals surface area contributed by atoms with Crippen molar-refractivity contribution in [3.63, 3.8) is 0 Å². The molecule has 158 valence electrons. The van der Waals surface area contributed by atoms with Gasteiger partial charge in [0.2, 0.25) is 0 Å². The van der Waals surface area contributed by atoms with Crippen LogP contribution in [0.5, 0.6) is 0 Å². The summed E-state index contributed by atoms with van der Waals surface area (Å²) in [5, 5.41) is 0. The van der Waals surface area contributed by atoms with Gasteiger partial charge in [-0.2, -0.15) is 0 Å². The molecule has 0 aliphatic heterocycles. The predicted octanol–water partition coefficient (Wildman–Crippen LogP) is 6.57. The first kappa shape index (κ1) is 21.1. The molecule has 0 radical (unpaired) electrons. The Morgan fingerprint density at radius 2 is 1.13 bits per heavy atom. The van der Waals surface area contributed by atoms with Gasteiger partial charge in [-0.15, -0.1) is 0 Å². The first-order valence-corrected chi connectivity index (χ1v) is 11.0. The molecule has 0 saturated carbocycles. The number of Topliss-reactive ketones (excluding diaryl/α,β-unsaturated/α-hetero) is 1. The fraction of sp³-hybridized carbons (Fsp3) is 0.276. The molecule has 1 aliphatic carbocycles. The Bertz CT molecular complexity index is 1070. The van der Waals surface area contributed by atoms with E-state index >= 15 is 0 Å². The highest BCUT2D eigenvalue weighted by Gasteiger charge is 2.57. The minimum atomic E-state index is -0.856. The minimum absolute atomic E-state index is 0.120. The molecule has 3 aromatic rings. The third-order valence-electron chi connectivity index (χ3n) is 6.49. The zero-order valence-corrected chi connectivity index (χ0v) is 19.0. The Hall–Kier alpha value is -3.13. The molecule has 0 aromatic heterocycles. The minimum Gasteiger partial charge on any atom is -0.497 e. The lowest BCUT2D eigenvalue weighted by atomic mass is 9.63. The van der Waals surface area contributed by atoms with E-state index in [2.05, 4.69) is 93.6 Å². The zero-order chi connectivity index (χ0) is 22.2. The zero-order valence-electron chi connectivity index (χ0n) is 19.0. The van der Waals surface area contributed by atoms with Gasteiger partial charge in [0.15, 0.2) is 5.78 Å². The molecule has 0 saturated heterocycles. The van der Waals surface area contributed by atoms with Crippen LogP contribution in [0.3, 0.4) is 0 Å². The molecule has 31 heavy (non-hydrogen) atoms. The van der Waals surface area contributed by atoms with Crippen molar-refractivity contribution in [3.8, 4) is 0 Å². The van der Waals surface area contributed by atoms with E-state index in [0.717, 1.165) is 22.4 Å². The van der Waals surface area contributed by atoms with Crippen LogP contribution in [0.2, 0.25) is 0 Å². The molecule has 1 aliphatic rings. The van der Waals surface area contributed by atoms with Crippen LogP contribution in [-0.4, -0.2) is 12.4 Å². The molecule has 1 atom stereocenters. The van der Waals surface area contributed by atoms with Crippen molar-refractivity contribution in [3.05, 3.63) is 118 Å². The van der Waals surface area contributed by atoms with Gasteiger partial charge >= 0.3 is 0 Å². The standard InChI is InChI=1S/C29H30O2/c1-6-31-27-22(5)28(30)29(24-15-9-20(3)10-16-24,25-17-11-21(4)12-18-25)26(27)23-13-7-19(2)8-14-23/h7-18,26H,6H2,1-5H3/t26-/m1/s1. The molecular weight excluding hydrogens is 380 g/mol. The maximum atomic E-state index is 14.2. The predicted molar refractivity (Wildman–Crippen MR) is 126 cm³/mol. The first-order chi connectivity index (χ1) is 14.9. The molecule has 2 heteroatoms. The van der Waals surface area contributed by atoms with Crippen molar-refractivity contribution in [1.29, 1.82) is 0 Å². The van der Waals surface area contributed by atoms with Crippen LogP contribution in [0.4, 0.5) is 0 Å². The molecule has 0 N–H and O–H groups in total. The van der Waals surface area contributed by atoms with E-state index in [1.807, 2.05) is 13.8 Å². The largest absolute Gasteiger partial charge is 0.497 e. The van der Waals surface area contributed by atoms with Crippen molar-refractivity contribution in [2.45, 2.75) is 46.0 Å². The van der Waals surface area contributed by atoms with Crippen LogP contribution in [0.1, 0.15) is 53.1 Å². The van der Waals surface area contributed by atoms with Crippen molar-refractivity contribution in [2.75, 3.05) is 6.61 Å². The summed E-state index contributed by atoms with van der Waals surface area (Å²) in [4.78, 5) is 14.2. The molecule has 0 spiro atoms. The Labute approximate surface area is 185 Å². The van der Waals surface area contributed by atoms with Gasteiger partial charge in [0.05, 0.1) is 17.9 Å². The number of hydrogen-bond donors (Lipinski definition) is 0. The highest BCUT2D eigenvalue weighted by Crippen LogP contribution is 2.55. The number of aryl methyl sites for hydroxylation is 3. The summed E-state index contributed by atoms with van der Waals surface area (Å²) >= 11 is 0. The number of carbonyl (C=O) groups excluding carboxylic acids is 1. The SMILES string of the molecule is CCOC1=C(C)C(=O)C(c2ccc(C)cc2)(c2ccc(C)cc2)[C@@H]1c1ccc(C)cc1. The summed E-state index contributed by atoms with van der Waals surface area (Å²) in [5.41, 5.74) is 6.52. The van der Waals surface area contributed by atoms with Crippen molar-refractivity contribution >= 4 is 5.78 Å². The molecule has 0 unspecified atom stereocenters. The summed E-state index contributed by atoms with van der Waals surface area (Å²) < 4.78 is 6.19. The van der Waals surface area contributed by atoms with Crippen LogP contribution < -0.4 is 0 Å². The summed E-state index contributed by atoms with van der Waals surface area (Å²) in [6.07, 6.45) is 0. The molecule has 2 nitrogen and oxygen atoms in total. The molecule has 0 amide bonds. The van der Waals surface area contributed by atoms with Gasteiger partial charge in [-0.3, -0.25) is 4.79 Å². The van der Waals surface area contributed by atoms with Crippen LogP contribution in [0.15, 0.2) is 84.1 Å². The summed E-state index contributed by atoms with van der Waals surface area (Å²) in [5.74, 6) is 0.692. The van der Waals surface area contributed by atoms with Crippen LogP contribution in [-0.2, 0) is 14.9 Å². The maximum absolute atomic E-state index is 14.2. The molecule has 0 heterocycles. The summed E-state index contributed by atoms with van der Waals surface area (Å²) in [6, 6.07) is 25.3. The summed E-state index contributed by atoms with van der Waals surface area (Å²) in [7, 11) is 0. The normalized spacial score (nSPS) is 17.8. The van der Waals surface area contributed by atoms with E-state index in [0.29, 0.717) is 12.2 Å². The van der Waals surface area contributed by atoms with Gasteiger partial charge < -0.3 is 4.74 Å². The Kier molecular flexibility index (Phi) is 5.58. The highest BCUT2D eigenvalue weighted by molar-refractivity contribution is 6.10. The number of carbonyl (C=O) groups is 1. The Balaban J connectivity index is 2.07. The number of ether oxygens (including phenoxy) is 1. The van der Waals surface area contributed by atoms with Crippen LogP contribution in [0.25, 0.3) is 0 Å². The van der Waals surface area contributed by atoms with Gasteiger partial charge in [-0.1, -0.05) is 89.5 Å². The fourth-order valence-corrected chi connectivity index (χ4v) is 4.85. The van der Waals surface area contributed by atoms with E-state index in [1.165, 1.54) is 16.7 Å². The molecule has 0 bridgehead atoms. The number of hydrogen-bond acceptors (Lipinski definition) is 2. The molecule has 4 rings (SSSR count). The maximum Gasteiger partial charge on any atom is 0.177 e. The van der Waals surface area contributed by atoms with Gasteiger partial charge in [-0.25, -0.2) is 0 Å². The lowest BCUT2D eigenvalue weighted by Crippen LogP contribution is -2.39. The third kappa shape index (κ3) is 3.40. The number of allylic oxidation sites excluding steroid dienone is 2. The van der Waals surface area contributed by atoms with Crippen LogP contribution in [0, 0.1) is 20.8 Å². The molecule has 3 aromatic carbocycles. The van der Waals surface area contributed by atoms with E-state index in [-0.39, 0.29) is 11.7 Å². The Morgan fingerprint density at radius 3 is 1.55 bits per heavy atom. The van der Waals surface area contributed by atoms with Gasteiger partial charge in [0.25, 0.3) is 0 Å². The van der Waals surface area contributed by atoms with E-state index < -0.39 is 5.41 Å². The molecular formula is C29H30O2. The smallest absolute Gasteiger partial charge is 0.177 e. The fourth-order valence-electron chi connectivity index (χ4n) is 4.85. The average molecular weight is 411 g/mol. The second kappa shape index (κ2) is 8.19. The van der Waals surface area contributed by atoms with E-state index in [4.69, 9.17) is 4.74 Å². The average Bonchev–Trinajstić information content (AvgIpc) is 2.98. The number of benzene rings is 3. The second-order valence-corrected chi connectivity index (χ2v) is 8.64.